The topological polar surface area (TPSA) is 64.7 Å². The van der Waals surface area contributed by atoms with E-state index in [4.69, 9.17) is 14.3 Å². The van der Waals surface area contributed by atoms with Gasteiger partial charge in [-0.25, -0.2) is 4.98 Å². The highest BCUT2D eigenvalue weighted by molar-refractivity contribution is 5.60. The standard InChI is InChI=1S/C15H17F2NO4/c1-2-3-6-20-13-7-10(4-5-12(13)22-15(16)17)14-18-11(8-19)9-21-14/h4-5,7,9,15,19H,2-3,6,8H2,1H3. The molecule has 1 heterocycles. The molecule has 0 saturated heterocycles. The molecule has 7 heteroatoms. The number of oxazole rings is 1. The van der Waals surface area contributed by atoms with Crippen molar-refractivity contribution in [1.82, 2.24) is 4.98 Å². The van der Waals surface area contributed by atoms with Gasteiger partial charge in [0.15, 0.2) is 11.5 Å². The van der Waals surface area contributed by atoms with Gasteiger partial charge in [-0.05, 0) is 24.6 Å². The van der Waals surface area contributed by atoms with Crippen LogP contribution >= 0.6 is 0 Å². The van der Waals surface area contributed by atoms with Crippen molar-refractivity contribution in [3.05, 3.63) is 30.2 Å². The molecule has 0 aliphatic heterocycles. The Morgan fingerprint density at radius 2 is 2.14 bits per heavy atom. The molecule has 1 N–H and O–H groups in total. The Labute approximate surface area is 126 Å². The number of hydrogen-bond acceptors (Lipinski definition) is 5. The van der Waals surface area contributed by atoms with Crippen LogP contribution in [0.2, 0.25) is 0 Å². The summed E-state index contributed by atoms with van der Waals surface area (Å²) < 4.78 is 40.0. The molecule has 2 aromatic rings. The molecule has 1 aromatic heterocycles. The normalized spacial score (nSPS) is 11.0. The second-order valence-electron chi connectivity index (χ2n) is 4.54. The molecule has 0 radical (unpaired) electrons. The van der Waals surface area contributed by atoms with Gasteiger partial charge >= 0.3 is 6.61 Å². The second kappa shape index (κ2) is 7.74. The van der Waals surface area contributed by atoms with Crippen LogP contribution in [0.5, 0.6) is 11.5 Å². The van der Waals surface area contributed by atoms with Crippen LogP contribution in [0.25, 0.3) is 11.5 Å². The summed E-state index contributed by atoms with van der Waals surface area (Å²) in [5, 5.41) is 8.99. The number of aliphatic hydroxyl groups excluding tert-OH is 1. The maximum atomic E-state index is 12.4. The van der Waals surface area contributed by atoms with Crippen LogP contribution in [0.3, 0.4) is 0 Å². The van der Waals surface area contributed by atoms with E-state index in [9.17, 15) is 8.78 Å². The van der Waals surface area contributed by atoms with Crippen LogP contribution < -0.4 is 9.47 Å². The fraction of sp³-hybridized carbons (Fsp3) is 0.400. The summed E-state index contributed by atoms with van der Waals surface area (Å²) in [6.07, 6.45) is 3.05. The Hall–Kier alpha value is -2.15. The second-order valence-corrected chi connectivity index (χ2v) is 4.54. The number of nitrogens with zero attached hydrogens (tertiary/aromatic N) is 1. The average molecular weight is 313 g/mol. The van der Waals surface area contributed by atoms with E-state index in [0.29, 0.717) is 17.9 Å². The zero-order chi connectivity index (χ0) is 15.9. The molecule has 0 aliphatic rings. The Morgan fingerprint density at radius 3 is 2.77 bits per heavy atom. The molecule has 0 fully saturated rings. The van der Waals surface area contributed by atoms with Crippen molar-refractivity contribution in [2.45, 2.75) is 33.0 Å². The summed E-state index contributed by atoms with van der Waals surface area (Å²) in [4.78, 5) is 4.07. The molecule has 0 aliphatic carbocycles. The largest absolute Gasteiger partial charge is 0.490 e. The molecule has 0 atom stereocenters. The first-order chi connectivity index (χ1) is 10.6. The number of rotatable bonds is 8. The monoisotopic (exact) mass is 313 g/mol. The number of hydrogen-bond donors (Lipinski definition) is 1. The average Bonchev–Trinajstić information content (AvgIpc) is 2.97. The minimum Gasteiger partial charge on any atom is -0.490 e. The van der Waals surface area contributed by atoms with Crippen molar-refractivity contribution in [1.29, 1.82) is 0 Å². The summed E-state index contributed by atoms with van der Waals surface area (Å²) in [5.41, 5.74) is 0.934. The molecule has 1 aromatic carbocycles. The van der Waals surface area contributed by atoms with Crippen molar-refractivity contribution >= 4 is 0 Å². The van der Waals surface area contributed by atoms with Gasteiger partial charge < -0.3 is 19.0 Å². The third-order valence-electron chi connectivity index (χ3n) is 2.88. The van der Waals surface area contributed by atoms with Gasteiger partial charge in [0.2, 0.25) is 5.89 Å². The highest BCUT2D eigenvalue weighted by Crippen LogP contribution is 2.33. The zero-order valence-corrected chi connectivity index (χ0v) is 12.1. The van der Waals surface area contributed by atoms with Crippen LogP contribution in [-0.4, -0.2) is 23.3 Å². The highest BCUT2D eigenvalue weighted by atomic mass is 19.3. The van der Waals surface area contributed by atoms with Crippen LogP contribution in [0.4, 0.5) is 8.78 Å². The maximum absolute atomic E-state index is 12.4. The predicted molar refractivity (Wildman–Crippen MR) is 74.9 cm³/mol. The van der Waals surface area contributed by atoms with E-state index < -0.39 is 6.61 Å². The van der Waals surface area contributed by atoms with Crippen molar-refractivity contribution in [3.8, 4) is 23.0 Å². The smallest absolute Gasteiger partial charge is 0.387 e. The van der Waals surface area contributed by atoms with Gasteiger partial charge in [-0.15, -0.1) is 0 Å². The maximum Gasteiger partial charge on any atom is 0.387 e. The van der Waals surface area contributed by atoms with E-state index in [1.165, 1.54) is 24.5 Å². The van der Waals surface area contributed by atoms with E-state index in [1.807, 2.05) is 6.92 Å². The van der Waals surface area contributed by atoms with E-state index in [2.05, 4.69) is 9.72 Å². The van der Waals surface area contributed by atoms with Gasteiger partial charge in [-0.2, -0.15) is 8.78 Å². The van der Waals surface area contributed by atoms with Crippen LogP contribution in [0.1, 0.15) is 25.5 Å². The molecular formula is C15H17F2NO4. The lowest BCUT2D eigenvalue weighted by atomic mass is 10.2. The summed E-state index contributed by atoms with van der Waals surface area (Å²) in [6, 6.07) is 4.45. The van der Waals surface area contributed by atoms with Gasteiger partial charge in [-0.3, -0.25) is 0 Å². The van der Waals surface area contributed by atoms with Gasteiger partial charge in [0.25, 0.3) is 0 Å². The summed E-state index contributed by atoms with van der Waals surface area (Å²) in [5.74, 6) is 0.437. The minimum absolute atomic E-state index is 0.0382. The molecule has 0 amide bonds. The fourth-order valence-corrected chi connectivity index (χ4v) is 1.79. The van der Waals surface area contributed by atoms with Gasteiger partial charge in [0.05, 0.1) is 13.2 Å². The first-order valence-electron chi connectivity index (χ1n) is 6.91. The van der Waals surface area contributed by atoms with Crippen molar-refractivity contribution < 1.29 is 27.8 Å². The van der Waals surface area contributed by atoms with Crippen LogP contribution in [0.15, 0.2) is 28.9 Å². The third-order valence-corrected chi connectivity index (χ3v) is 2.88. The first kappa shape index (κ1) is 16.2. The number of unbranched alkanes of at least 4 members (excludes halogenated alkanes) is 1. The lowest BCUT2D eigenvalue weighted by Crippen LogP contribution is -2.05. The van der Waals surface area contributed by atoms with Gasteiger partial charge in [-0.1, -0.05) is 13.3 Å². The SMILES string of the molecule is CCCCOc1cc(-c2nc(CO)co2)ccc1OC(F)F. The number of aromatic nitrogens is 1. The number of benzene rings is 1. The Balaban J connectivity index is 2.26. The highest BCUT2D eigenvalue weighted by Gasteiger charge is 2.14. The van der Waals surface area contributed by atoms with E-state index in [-0.39, 0.29) is 24.0 Å². The zero-order valence-electron chi connectivity index (χ0n) is 12.1. The molecular weight excluding hydrogens is 296 g/mol. The van der Waals surface area contributed by atoms with Crippen molar-refractivity contribution in [3.63, 3.8) is 0 Å². The molecule has 0 spiro atoms. The molecule has 0 unspecified atom stereocenters. The third kappa shape index (κ3) is 4.17. The number of halogens is 2. The Kier molecular flexibility index (Phi) is 5.71. The summed E-state index contributed by atoms with van der Waals surface area (Å²) in [6.45, 7) is -0.773. The number of aliphatic hydroxyl groups is 1. The molecule has 120 valence electrons. The lowest BCUT2D eigenvalue weighted by Gasteiger charge is -2.12. The molecule has 0 saturated carbocycles. The van der Waals surface area contributed by atoms with Crippen molar-refractivity contribution in [2.24, 2.45) is 0 Å². The van der Waals surface area contributed by atoms with Gasteiger partial charge in [0, 0.05) is 5.56 Å². The Morgan fingerprint density at radius 1 is 1.32 bits per heavy atom. The lowest BCUT2D eigenvalue weighted by molar-refractivity contribution is -0.0515. The quantitative estimate of drug-likeness (QED) is 0.754. The fourth-order valence-electron chi connectivity index (χ4n) is 1.79. The van der Waals surface area contributed by atoms with E-state index in [1.54, 1.807) is 0 Å². The minimum atomic E-state index is -2.93. The number of ether oxygens (including phenoxy) is 2. The Bertz CT molecular complexity index is 601. The predicted octanol–water partition coefficient (Wildman–Crippen LogP) is 3.61. The molecule has 22 heavy (non-hydrogen) atoms. The van der Waals surface area contributed by atoms with Crippen LogP contribution in [0, 0.1) is 0 Å². The first-order valence-corrected chi connectivity index (χ1v) is 6.91. The van der Waals surface area contributed by atoms with Crippen LogP contribution in [-0.2, 0) is 6.61 Å². The van der Waals surface area contributed by atoms with Crippen molar-refractivity contribution in [2.75, 3.05) is 6.61 Å². The summed E-state index contributed by atoms with van der Waals surface area (Å²) >= 11 is 0. The molecule has 2 rings (SSSR count). The molecule has 5 nitrogen and oxygen atoms in total. The summed E-state index contributed by atoms with van der Waals surface area (Å²) in [7, 11) is 0. The number of alkyl halides is 2. The van der Waals surface area contributed by atoms with Gasteiger partial charge in [0.1, 0.15) is 12.0 Å². The van der Waals surface area contributed by atoms with E-state index >= 15 is 0 Å². The van der Waals surface area contributed by atoms with E-state index in [0.717, 1.165) is 12.8 Å². The molecule has 0 bridgehead atoms.